The predicted octanol–water partition coefficient (Wildman–Crippen LogP) is 2.03. The highest BCUT2D eigenvalue weighted by Gasteiger charge is 2.29. The third-order valence-electron chi connectivity index (χ3n) is 2.92. The van der Waals surface area contributed by atoms with Gasteiger partial charge in [0.1, 0.15) is 5.82 Å². The van der Waals surface area contributed by atoms with Gasteiger partial charge in [-0.25, -0.2) is 17.5 Å². The number of nitrogens with two attached hydrogens (primary N) is 1. The summed E-state index contributed by atoms with van der Waals surface area (Å²) < 4.78 is 39.5. The fourth-order valence-electron chi connectivity index (χ4n) is 1.67. The summed E-state index contributed by atoms with van der Waals surface area (Å²) in [7, 11) is -3.65. The van der Waals surface area contributed by atoms with Crippen molar-refractivity contribution in [2.24, 2.45) is 11.7 Å². The zero-order valence-corrected chi connectivity index (χ0v) is 13.2. The molecule has 1 aromatic carbocycles. The number of rotatable bonds is 5. The molecule has 3 N–H and O–H groups in total. The minimum absolute atomic E-state index is 0. The average Bonchev–Trinajstić information content (AvgIpc) is 3.09. The van der Waals surface area contributed by atoms with Gasteiger partial charge < -0.3 is 5.73 Å². The summed E-state index contributed by atoms with van der Waals surface area (Å²) in [5.41, 5.74) is 5.83. The molecule has 0 amide bonds. The Labute approximate surface area is 126 Å². The first kappa shape index (κ1) is 16.8. The summed E-state index contributed by atoms with van der Waals surface area (Å²) in [6, 6.07) is 3.30. The Morgan fingerprint density at radius 3 is 2.63 bits per heavy atom. The molecule has 1 fully saturated rings. The maximum Gasteiger partial charge on any atom is 0.241 e. The fraction of sp³-hybridized carbons (Fsp3) is 0.455. The quantitative estimate of drug-likeness (QED) is 0.829. The van der Waals surface area contributed by atoms with Crippen LogP contribution in [0.25, 0.3) is 0 Å². The summed E-state index contributed by atoms with van der Waals surface area (Å²) in [6.07, 6.45) is 2.12. The van der Waals surface area contributed by atoms with Crippen molar-refractivity contribution in [2.75, 3.05) is 6.54 Å². The van der Waals surface area contributed by atoms with E-state index in [1.807, 2.05) is 0 Å². The molecule has 4 nitrogen and oxygen atoms in total. The van der Waals surface area contributed by atoms with Crippen molar-refractivity contribution in [1.82, 2.24) is 4.72 Å². The lowest BCUT2D eigenvalue weighted by Gasteiger charge is -2.12. The van der Waals surface area contributed by atoms with Crippen molar-refractivity contribution in [3.63, 3.8) is 0 Å². The van der Waals surface area contributed by atoms with E-state index in [0.29, 0.717) is 5.92 Å². The van der Waals surface area contributed by atoms with Gasteiger partial charge in [0.25, 0.3) is 0 Å². The minimum Gasteiger partial charge on any atom is -0.326 e. The van der Waals surface area contributed by atoms with E-state index in [0.717, 1.165) is 25.0 Å². The van der Waals surface area contributed by atoms with Gasteiger partial charge in [-0.1, -0.05) is 0 Å². The third-order valence-corrected chi connectivity index (χ3v) is 5.32. The molecule has 0 saturated heterocycles. The summed E-state index contributed by atoms with van der Waals surface area (Å²) in [6.45, 7) is 0.205. The van der Waals surface area contributed by atoms with Crippen molar-refractivity contribution in [1.29, 1.82) is 0 Å². The summed E-state index contributed by atoms with van der Waals surface area (Å²) in [4.78, 5) is 0.0203. The number of benzene rings is 1. The first-order valence-corrected chi connectivity index (χ1v) is 7.88. The molecule has 0 bridgehead atoms. The van der Waals surface area contributed by atoms with E-state index in [1.165, 1.54) is 6.07 Å². The van der Waals surface area contributed by atoms with Gasteiger partial charge in [-0.15, -0.1) is 12.4 Å². The normalized spacial score (nSPS) is 16.8. The van der Waals surface area contributed by atoms with Gasteiger partial charge in [0.05, 0.1) is 4.90 Å². The standard InChI is InChI=1S/C11H14BrFN2O2S.ClH/c12-9-5-8(13)3-4-11(9)18(16,17)15-6-10(14)7-1-2-7;/h3-5,7,10,15H,1-2,6,14H2;1H. The van der Waals surface area contributed by atoms with Crippen molar-refractivity contribution in [3.8, 4) is 0 Å². The van der Waals surface area contributed by atoms with Crippen LogP contribution in [-0.2, 0) is 10.0 Å². The van der Waals surface area contributed by atoms with Crippen molar-refractivity contribution >= 4 is 38.4 Å². The van der Waals surface area contributed by atoms with Gasteiger partial charge in [0.2, 0.25) is 10.0 Å². The van der Waals surface area contributed by atoms with Crippen molar-refractivity contribution in [3.05, 3.63) is 28.5 Å². The predicted molar refractivity (Wildman–Crippen MR) is 77.2 cm³/mol. The third kappa shape index (κ3) is 4.39. The van der Waals surface area contributed by atoms with Crippen LogP contribution in [0.15, 0.2) is 27.6 Å². The molecule has 0 spiro atoms. The van der Waals surface area contributed by atoms with Crippen LogP contribution in [0.5, 0.6) is 0 Å². The lowest BCUT2D eigenvalue weighted by atomic mass is 10.2. The second-order valence-electron chi connectivity index (χ2n) is 4.43. The Balaban J connectivity index is 0.00000180. The highest BCUT2D eigenvalue weighted by molar-refractivity contribution is 9.10. The molecule has 1 aliphatic rings. The molecule has 0 radical (unpaired) electrons. The van der Waals surface area contributed by atoms with Crippen LogP contribution >= 0.6 is 28.3 Å². The van der Waals surface area contributed by atoms with Crippen LogP contribution in [-0.4, -0.2) is 21.0 Å². The number of halogens is 3. The molecular weight excluding hydrogens is 359 g/mol. The molecule has 1 saturated carbocycles. The monoisotopic (exact) mass is 372 g/mol. The molecule has 8 heteroatoms. The average molecular weight is 374 g/mol. The van der Waals surface area contributed by atoms with Crippen LogP contribution in [0.1, 0.15) is 12.8 Å². The molecule has 19 heavy (non-hydrogen) atoms. The largest absolute Gasteiger partial charge is 0.326 e. The molecule has 108 valence electrons. The van der Waals surface area contributed by atoms with Crippen LogP contribution < -0.4 is 10.5 Å². The number of sulfonamides is 1. The van der Waals surface area contributed by atoms with Crippen molar-refractivity contribution in [2.45, 2.75) is 23.8 Å². The molecule has 1 aliphatic carbocycles. The Hall–Kier alpha value is -0.210. The van der Waals surface area contributed by atoms with Gasteiger partial charge >= 0.3 is 0 Å². The van der Waals surface area contributed by atoms with Gasteiger partial charge in [0, 0.05) is 17.1 Å². The molecule has 0 heterocycles. The van der Waals surface area contributed by atoms with E-state index < -0.39 is 15.8 Å². The van der Waals surface area contributed by atoms with E-state index in [9.17, 15) is 12.8 Å². The van der Waals surface area contributed by atoms with Crippen LogP contribution in [0.2, 0.25) is 0 Å². The van der Waals surface area contributed by atoms with Crippen LogP contribution in [0.4, 0.5) is 4.39 Å². The maximum absolute atomic E-state index is 12.9. The van der Waals surface area contributed by atoms with Gasteiger partial charge in [0.15, 0.2) is 0 Å². The Kier molecular flexibility index (Phi) is 5.76. The van der Waals surface area contributed by atoms with Gasteiger partial charge in [-0.05, 0) is 52.9 Å². The lowest BCUT2D eigenvalue weighted by molar-refractivity contribution is 0.547. The van der Waals surface area contributed by atoms with E-state index in [4.69, 9.17) is 5.73 Å². The molecule has 1 aromatic rings. The smallest absolute Gasteiger partial charge is 0.241 e. The van der Waals surface area contributed by atoms with E-state index in [-0.39, 0.29) is 34.4 Å². The van der Waals surface area contributed by atoms with E-state index >= 15 is 0 Å². The first-order chi connectivity index (χ1) is 8.40. The molecule has 0 aromatic heterocycles. The lowest BCUT2D eigenvalue weighted by Crippen LogP contribution is -2.38. The highest BCUT2D eigenvalue weighted by Crippen LogP contribution is 2.31. The van der Waals surface area contributed by atoms with Gasteiger partial charge in [-0.2, -0.15) is 0 Å². The second kappa shape index (κ2) is 6.49. The second-order valence-corrected chi connectivity index (χ2v) is 7.02. The van der Waals surface area contributed by atoms with Gasteiger partial charge in [-0.3, -0.25) is 0 Å². The number of hydrogen-bond acceptors (Lipinski definition) is 3. The zero-order chi connectivity index (χ0) is 13.3. The SMILES string of the molecule is Cl.NC(CNS(=O)(=O)c1ccc(F)cc1Br)C1CC1. The molecule has 2 rings (SSSR count). The summed E-state index contributed by atoms with van der Waals surface area (Å²) in [5, 5.41) is 0. The minimum atomic E-state index is -3.65. The zero-order valence-electron chi connectivity index (χ0n) is 9.97. The van der Waals surface area contributed by atoms with E-state index in [1.54, 1.807) is 0 Å². The topological polar surface area (TPSA) is 72.2 Å². The number of nitrogens with one attached hydrogen (secondary N) is 1. The highest BCUT2D eigenvalue weighted by atomic mass is 79.9. The van der Waals surface area contributed by atoms with Crippen LogP contribution in [0.3, 0.4) is 0 Å². The van der Waals surface area contributed by atoms with E-state index in [2.05, 4.69) is 20.7 Å². The fourth-order valence-corrected chi connectivity index (χ4v) is 3.79. The summed E-state index contributed by atoms with van der Waals surface area (Å²) >= 11 is 3.04. The number of hydrogen-bond donors (Lipinski definition) is 2. The first-order valence-electron chi connectivity index (χ1n) is 5.60. The molecule has 0 aliphatic heterocycles. The molecule has 1 atom stereocenters. The maximum atomic E-state index is 12.9. The Bertz CT molecular complexity index is 552. The molecular formula is C11H15BrClFN2O2S. The Morgan fingerprint density at radius 2 is 2.11 bits per heavy atom. The Morgan fingerprint density at radius 1 is 1.47 bits per heavy atom. The summed E-state index contributed by atoms with van der Waals surface area (Å²) in [5.74, 6) is -0.0696. The van der Waals surface area contributed by atoms with Crippen LogP contribution in [0, 0.1) is 11.7 Å². The molecule has 1 unspecified atom stereocenters. The van der Waals surface area contributed by atoms with Crippen molar-refractivity contribution < 1.29 is 12.8 Å².